The minimum Gasteiger partial charge on any atom is -0.245 e. The molecule has 88 valence electrons. The first kappa shape index (κ1) is 12.5. The van der Waals surface area contributed by atoms with Crippen LogP contribution in [0.25, 0.3) is 0 Å². The predicted molar refractivity (Wildman–Crippen MR) is 75.4 cm³/mol. The fourth-order valence-corrected chi connectivity index (χ4v) is 2.84. The van der Waals surface area contributed by atoms with Crippen LogP contribution in [0.1, 0.15) is 16.7 Å². The molecule has 0 saturated carbocycles. The Kier molecular flexibility index (Phi) is 4.46. The smallest absolute Gasteiger partial charge is 0.129 e. The molecule has 0 amide bonds. The Bertz CT molecular complexity index is 499. The minimum atomic E-state index is 0.569. The molecule has 0 aliphatic carbocycles. The first-order chi connectivity index (χ1) is 8.25. The SMILES string of the molecule is Cc1ccccc1CSCc1ccnc(Cl)c1. The number of thioether (sulfide) groups is 1. The van der Waals surface area contributed by atoms with Crippen molar-refractivity contribution in [2.24, 2.45) is 0 Å². The number of benzene rings is 1. The van der Waals surface area contributed by atoms with Crippen molar-refractivity contribution in [3.8, 4) is 0 Å². The van der Waals surface area contributed by atoms with Crippen LogP contribution >= 0.6 is 23.4 Å². The molecule has 0 atom stereocenters. The maximum Gasteiger partial charge on any atom is 0.129 e. The van der Waals surface area contributed by atoms with Gasteiger partial charge in [0.05, 0.1) is 0 Å². The second-order valence-electron chi connectivity index (χ2n) is 3.91. The molecule has 0 aliphatic heterocycles. The lowest BCUT2D eigenvalue weighted by atomic mass is 10.1. The quantitative estimate of drug-likeness (QED) is 0.755. The van der Waals surface area contributed by atoms with E-state index in [1.54, 1.807) is 6.20 Å². The average Bonchev–Trinajstić information content (AvgIpc) is 2.32. The summed E-state index contributed by atoms with van der Waals surface area (Å²) in [4.78, 5) is 3.98. The Morgan fingerprint density at radius 2 is 2.00 bits per heavy atom. The van der Waals surface area contributed by atoms with Crippen LogP contribution in [-0.2, 0) is 11.5 Å². The molecular weight excluding hydrogens is 250 g/mol. The fraction of sp³-hybridized carbons (Fsp3) is 0.214. The maximum absolute atomic E-state index is 5.85. The summed E-state index contributed by atoms with van der Waals surface area (Å²) in [6, 6.07) is 12.4. The van der Waals surface area contributed by atoms with Crippen LogP contribution in [-0.4, -0.2) is 4.98 Å². The van der Waals surface area contributed by atoms with E-state index in [1.807, 2.05) is 23.9 Å². The third-order valence-electron chi connectivity index (χ3n) is 2.58. The van der Waals surface area contributed by atoms with Gasteiger partial charge in [0.2, 0.25) is 0 Å². The summed E-state index contributed by atoms with van der Waals surface area (Å²) in [7, 11) is 0. The van der Waals surface area contributed by atoms with Crippen LogP contribution in [0.5, 0.6) is 0 Å². The zero-order chi connectivity index (χ0) is 12.1. The third kappa shape index (κ3) is 3.76. The van der Waals surface area contributed by atoms with Crippen LogP contribution < -0.4 is 0 Å². The van der Waals surface area contributed by atoms with Crippen molar-refractivity contribution in [1.29, 1.82) is 0 Å². The Labute approximate surface area is 111 Å². The topological polar surface area (TPSA) is 12.9 Å². The molecule has 0 spiro atoms. The molecule has 0 aliphatic rings. The van der Waals surface area contributed by atoms with Crippen LogP contribution in [0.15, 0.2) is 42.6 Å². The molecule has 0 radical (unpaired) electrons. The van der Waals surface area contributed by atoms with Crippen LogP contribution in [0.3, 0.4) is 0 Å². The van der Waals surface area contributed by atoms with Gasteiger partial charge in [-0.05, 0) is 35.7 Å². The van der Waals surface area contributed by atoms with E-state index in [9.17, 15) is 0 Å². The molecule has 17 heavy (non-hydrogen) atoms. The molecular formula is C14H14ClNS. The molecule has 3 heteroatoms. The van der Waals surface area contributed by atoms with Gasteiger partial charge in [-0.15, -0.1) is 0 Å². The van der Waals surface area contributed by atoms with Crippen LogP contribution in [0, 0.1) is 6.92 Å². The lowest BCUT2D eigenvalue weighted by Gasteiger charge is -2.05. The summed E-state index contributed by atoms with van der Waals surface area (Å²) in [5.74, 6) is 2.00. The van der Waals surface area contributed by atoms with Crippen molar-refractivity contribution in [3.63, 3.8) is 0 Å². The van der Waals surface area contributed by atoms with Gasteiger partial charge in [0.25, 0.3) is 0 Å². The molecule has 1 aromatic carbocycles. The molecule has 0 fully saturated rings. The van der Waals surface area contributed by atoms with E-state index in [2.05, 4.69) is 36.2 Å². The summed E-state index contributed by atoms with van der Waals surface area (Å²) < 4.78 is 0. The summed E-state index contributed by atoms with van der Waals surface area (Å²) >= 11 is 7.74. The molecule has 0 unspecified atom stereocenters. The highest BCUT2D eigenvalue weighted by Crippen LogP contribution is 2.20. The number of aromatic nitrogens is 1. The van der Waals surface area contributed by atoms with Crippen molar-refractivity contribution in [3.05, 3.63) is 64.4 Å². The van der Waals surface area contributed by atoms with E-state index in [0.717, 1.165) is 11.5 Å². The van der Waals surface area contributed by atoms with Crippen molar-refractivity contribution >= 4 is 23.4 Å². The standard InChI is InChI=1S/C14H14ClNS/c1-11-4-2-3-5-13(11)10-17-9-12-6-7-16-14(15)8-12/h2-8H,9-10H2,1H3. The summed E-state index contributed by atoms with van der Waals surface area (Å²) in [6.07, 6.45) is 1.76. The van der Waals surface area contributed by atoms with Gasteiger partial charge in [0, 0.05) is 17.7 Å². The number of pyridine rings is 1. The number of hydrogen-bond donors (Lipinski definition) is 0. The lowest BCUT2D eigenvalue weighted by Crippen LogP contribution is -1.87. The highest BCUT2D eigenvalue weighted by molar-refractivity contribution is 7.97. The molecule has 1 aromatic heterocycles. The monoisotopic (exact) mass is 263 g/mol. The van der Waals surface area contributed by atoms with E-state index in [1.165, 1.54) is 16.7 Å². The number of aryl methyl sites for hydroxylation is 1. The molecule has 0 bridgehead atoms. The zero-order valence-electron chi connectivity index (χ0n) is 9.69. The second kappa shape index (κ2) is 6.08. The minimum absolute atomic E-state index is 0.569. The highest BCUT2D eigenvalue weighted by atomic mass is 35.5. The maximum atomic E-state index is 5.85. The van der Waals surface area contributed by atoms with Gasteiger partial charge in [-0.1, -0.05) is 35.9 Å². The van der Waals surface area contributed by atoms with Gasteiger partial charge in [-0.3, -0.25) is 0 Å². The van der Waals surface area contributed by atoms with E-state index >= 15 is 0 Å². The lowest BCUT2D eigenvalue weighted by molar-refractivity contribution is 1.26. The zero-order valence-corrected chi connectivity index (χ0v) is 11.3. The number of halogens is 1. The average molecular weight is 264 g/mol. The summed E-state index contributed by atoms with van der Waals surface area (Å²) in [5, 5.41) is 0.569. The molecule has 0 N–H and O–H groups in total. The molecule has 1 heterocycles. The van der Waals surface area contributed by atoms with Crippen LogP contribution in [0.2, 0.25) is 5.15 Å². The number of hydrogen-bond acceptors (Lipinski definition) is 2. The number of nitrogens with zero attached hydrogens (tertiary/aromatic N) is 1. The second-order valence-corrected chi connectivity index (χ2v) is 5.28. The van der Waals surface area contributed by atoms with E-state index in [4.69, 9.17) is 11.6 Å². The Balaban J connectivity index is 1.90. The normalized spacial score (nSPS) is 10.5. The summed E-state index contributed by atoms with van der Waals surface area (Å²) in [5.41, 5.74) is 3.98. The molecule has 0 saturated heterocycles. The summed E-state index contributed by atoms with van der Waals surface area (Å²) in [6.45, 7) is 2.15. The Hall–Kier alpha value is -0.990. The Morgan fingerprint density at radius 3 is 2.76 bits per heavy atom. The molecule has 2 aromatic rings. The third-order valence-corrected chi connectivity index (χ3v) is 3.84. The van der Waals surface area contributed by atoms with Crippen molar-refractivity contribution < 1.29 is 0 Å². The van der Waals surface area contributed by atoms with Crippen molar-refractivity contribution in [2.75, 3.05) is 0 Å². The first-order valence-corrected chi connectivity index (χ1v) is 7.01. The van der Waals surface area contributed by atoms with E-state index in [0.29, 0.717) is 5.15 Å². The predicted octanol–water partition coefficient (Wildman–Crippen LogP) is 4.48. The van der Waals surface area contributed by atoms with Crippen LogP contribution in [0.4, 0.5) is 0 Å². The fourth-order valence-electron chi connectivity index (χ4n) is 1.58. The van der Waals surface area contributed by atoms with Crippen molar-refractivity contribution in [2.45, 2.75) is 18.4 Å². The van der Waals surface area contributed by atoms with E-state index < -0.39 is 0 Å². The van der Waals surface area contributed by atoms with Gasteiger partial charge in [0.1, 0.15) is 5.15 Å². The highest BCUT2D eigenvalue weighted by Gasteiger charge is 1.99. The molecule has 1 nitrogen and oxygen atoms in total. The van der Waals surface area contributed by atoms with Crippen molar-refractivity contribution in [1.82, 2.24) is 4.98 Å². The van der Waals surface area contributed by atoms with E-state index in [-0.39, 0.29) is 0 Å². The Morgan fingerprint density at radius 1 is 1.18 bits per heavy atom. The van der Waals surface area contributed by atoms with Gasteiger partial charge in [0.15, 0.2) is 0 Å². The van der Waals surface area contributed by atoms with Gasteiger partial charge in [-0.25, -0.2) is 4.98 Å². The van der Waals surface area contributed by atoms with Gasteiger partial charge in [-0.2, -0.15) is 11.8 Å². The van der Waals surface area contributed by atoms with Gasteiger partial charge >= 0.3 is 0 Å². The molecule has 2 rings (SSSR count). The largest absolute Gasteiger partial charge is 0.245 e. The number of rotatable bonds is 4. The first-order valence-electron chi connectivity index (χ1n) is 5.48. The van der Waals surface area contributed by atoms with Gasteiger partial charge < -0.3 is 0 Å².